The maximum atomic E-state index is 11.4. The summed E-state index contributed by atoms with van der Waals surface area (Å²) < 4.78 is 0. The van der Waals surface area contributed by atoms with Crippen LogP contribution >= 0.6 is 0 Å². The zero-order chi connectivity index (χ0) is 8.48. The van der Waals surface area contributed by atoms with Gasteiger partial charge in [-0.15, -0.1) is 0 Å². The van der Waals surface area contributed by atoms with Crippen molar-refractivity contribution in [1.29, 1.82) is 0 Å². The summed E-state index contributed by atoms with van der Waals surface area (Å²) in [5.41, 5.74) is -0.363. The summed E-state index contributed by atoms with van der Waals surface area (Å²) in [6, 6.07) is 0. The van der Waals surface area contributed by atoms with E-state index < -0.39 is 0 Å². The van der Waals surface area contributed by atoms with E-state index >= 15 is 0 Å². The molecule has 1 heterocycles. The fourth-order valence-electron chi connectivity index (χ4n) is 1.23. The second-order valence-corrected chi connectivity index (χ2v) is 3.54. The minimum absolute atomic E-state index is 0.124. The average Bonchev–Trinajstić information content (AvgIpc) is 1.95. The van der Waals surface area contributed by atoms with Crippen molar-refractivity contribution in [3.8, 4) is 0 Å². The molecule has 0 saturated carbocycles. The van der Waals surface area contributed by atoms with Crippen LogP contribution < -0.4 is 10.6 Å². The van der Waals surface area contributed by atoms with E-state index in [1.807, 2.05) is 6.92 Å². The molecule has 2 N–H and O–H groups in total. The predicted molar refractivity (Wildman–Crippen MR) is 44.3 cm³/mol. The van der Waals surface area contributed by atoms with Crippen LogP contribution in [0.3, 0.4) is 0 Å². The Kier molecular flexibility index (Phi) is 2.18. The third-order valence-corrected chi connectivity index (χ3v) is 2.53. The summed E-state index contributed by atoms with van der Waals surface area (Å²) >= 11 is 0. The fraction of sp³-hybridized carbons (Fsp3) is 0.875. The lowest BCUT2D eigenvalue weighted by Gasteiger charge is -2.37. The Labute approximate surface area is 67.5 Å². The molecule has 1 saturated heterocycles. The highest BCUT2D eigenvalue weighted by atomic mass is 16.2. The predicted octanol–water partition coefficient (Wildman–Crippen LogP) is 0.120. The summed E-state index contributed by atoms with van der Waals surface area (Å²) in [5.74, 6) is 0.460. The molecule has 1 fully saturated rings. The number of rotatable bonds is 1. The normalized spacial score (nSPS) is 32.2. The first-order chi connectivity index (χ1) is 5.07. The number of hydrogen-bond acceptors (Lipinski definition) is 2. The second-order valence-electron chi connectivity index (χ2n) is 3.54. The molecule has 0 aromatic carbocycles. The van der Waals surface area contributed by atoms with Gasteiger partial charge in [-0.3, -0.25) is 4.79 Å². The van der Waals surface area contributed by atoms with Crippen molar-refractivity contribution in [2.75, 3.05) is 13.1 Å². The van der Waals surface area contributed by atoms with Gasteiger partial charge in [-0.2, -0.15) is 0 Å². The number of carbonyl (C=O) groups is 1. The van der Waals surface area contributed by atoms with Gasteiger partial charge in [0.05, 0.1) is 5.54 Å². The number of nitrogens with one attached hydrogen (secondary N) is 2. The minimum Gasteiger partial charge on any atom is -0.353 e. The van der Waals surface area contributed by atoms with Gasteiger partial charge in [0.2, 0.25) is 5.91 Å². The number of amides is 1. The standard InChI is InChI=1S/C8H16N2O/c1-6(2)8(3)7(11)9-4-5-10-8/h6,10H,4-5H2,1-3H3,(H,9,11). The van der Waals surface area contributed by atoms with E-state index in [2.05, 4.69) is 24.5 Å². The van der Waals surface area contributed by atoms with Crippen LogP contribution in [-0.2, 0) is 4.79 Å². The molecule has 0 radical (unpaired) electrons. The van der Waals surface area contributed by atoms with E-state index in [1.165, 1.54) is 0 Å². The van der Waals surface area contributed by atoms with Crippen LogP contribution in [0.2, 0.25) is 0 Å². The third kappa shape index (κ3) is 1.38. The lowest BCUT2D eigenvalue weighted by molar-refractivity contribution is -0.130. The molecule has 0 aromatic heterocycles. The summed E-state index contributed by atoms with van der Waals surface area (Å²) in [6.07, 6.45) is 0. The van der Waals surface area contributed by atoms with Gasteiger partial charge in [0.15, 0.2) is 0 Å². The van der Waals surface area contributed by atoms with Crippen LogP contribution in [0.1, 0.15) is 20.8 Å². The number of carbonyl (C=O) groups excluding carboxylic acids is 1. The summed E-state index contributed by atoms with van der Waals surface area (Å²) in [4.78, 5) is 11.4. The van der Waals surface area contributed by atoms with Crippen molar-refractivity contribution >= 4 is 5.91 Å². The van der Waals surface area contributed by atoms with Crippen molar-refractivity contribution in [2.24, 2.45) is 5.92 Å². The lowest BCUT2D eigenvalue weighted by atomic mass is 9.86. The van der Waals surface area contributed by atoms with Crippen molar-refractivity contribution in [1.82, 2.24) is 10.6 Å². The molecular weight excluding hydrogens is 140 g/mol. The Morgan fingerprint density at radius 3 is 2.45 bits per heavy atom. The third-order valence-electron chi connectivity index (χ3n) is 2.53. The van der Waals surface area contributed by atoms with Gasteiger partial charge in [0.25, 0.3) is 0 Å². The maximum Gasteiger partial charge on any atom is 0.240 e. The number of piperazine rings is 1. The quantitative estimate of drug-likeness (QED) is 0.566. The first-order valence-electron chi connectivity index (χ1n) is 4.10. The minimum atomic E-state index is -0.363. The van der Waals surface area contributed by atoms with Crippen LogP contribution in [-0.4, -0.2) is 24.5 Å². The molecule has 1 unspecified atom stereocenters. The van der Waals surface area contributed by atoms with Crippen molar-refractivity contribution in [2.45, 2.75) is 26.3 Å². The van der Waals surface area contributed by atoms with E-state index in [9.17, 15) is 4.79 Å². The second kappa shape index (κ2) is 2.81. The zero-order valence-electron chi connectivity index (χ0n) is 7.40. The van der Waals surface area contributed by atoms with Gasteiger partial charge >= 0.3 is 0 Å². The molecule has 0 bridgehead atoms. The summed E-state index contributed by atoms with van der Waals surface area (Å²) in [5, 5.41) is 6.09. The largest absolute Gasteiger partial charge is 0.353 e. The van der Waals surface area contributed by atoms with Crippen molar-refractivity contribution in [3.63, 3.8) is 0 Å². The maximum absolute atomic E-state index is 11.4. The Hall–Kier alpha value is -0.570. The Morgan fingerprint density at radius 2 is 2.09 bits per heavy atom. The highest BCUT2D eigenvalue weighted by molar-refractivity contribution is 5.86. The van der Waals surface area contributed by atoms with Crippen LogP contribution in [0.5, 0.6) is 0 Å². The van der Waals surface area contributed by atoms with Crippen LogP contribution in [0.15, 0.2) is 0 Å². The van der Waals surface area contributed by atoms with Crippen molar-refractivity contribution in [3.05, 3.63) is 0 Å². The molecule has 1 aliphatic heterocycles. The van der Waals surface area contributed by atoms with E-state index in [1.54, 1.807) is 0 Å². The van der Waals surface area contributed by atoms with Gasteiger partial charge < -0.3 is 10.6 Å². The summed E-state index contributed by atoms with van der Waals surface area (Å²) in [6.45, 7) is 7.68. The molecule has 64 valence electrons. The van der Waals surface area contributed by atoms with Gasteiger partial charge in [-0.25, -0.2) is 0 Å². The highest BCUT2D eigenvalue weighted by Crippen LogP contribution is 2.17. The van der Waals surface area contributed by atoms with E-state index in [4.69, 9.17) is 0 Å². The molecule has 1 atom stereocenters. The van der Waals surface area contributed by atoms with Crippen molar-refractivity contribution < 1.29 is 4.79 Å². The molecule has 1 rings (SSSR count). The molecular formula is C8H16N2O. The highest BCUT2D eigenvalue weighted by Gasteiger charge is 2.37. The molecule has 1 aliphatic rings. The first-order valence-corrected chi connectivity index (χ1v) is 4.10. The molecule has 1 amide bonds. The first kappa shape index (κ1) is 8.53. The van der Waals surface area contributed by atoms with Gasteiger partial charge in [-0.05, 0) is 12.8 Å². The van der Waals surface area contributed by atoms with Crippen LogP contribution in [0, 0.1) is 5.92 Å². The van der Waals surface area contributed by atoms with Crippen LogP contribution in [0.4, 0.5) is 0 Å². The zero-order valence-corrected chi connectivity index (χ0v) is 7.40. The molecule has 0 aliphatic carbocycles. The molecule has 3 heteroatoms. The molecule has 0 aromatic rings. The topological polar surface area (TPSA) is 41.1 Å². The lowest BCUT2D eigenvalue weighted by Crippen LogP contribution is -2.64. The number of hydrogen-bond donors (Lipinski definition) is 2. The SMILES string of the molecule is CC(C)C1(C)NCCNC1=O. The Bertz CT molecular complexity index is 167. The van der Waals surface area contributed by atoms with Gasteiger partial charge in [-0.1, -0.05) is 13.8 Å². The average molecular weight is 156 g/mol. The summed E-state index contributed by atoms with van der Waals surface area (Å²) in [7, 11) is 0. The Morgan fingerprint density at radius 1 is 1.45 bits per heavy atom. The van der Waals surface area contributed by atoms with Crippen LogP contribution in [0.25, 0.3) is 0 Å². The van der Waals surface area contributed by atoms with E-state index in [0.717, 1.165) is 13.1 Å². The fourth-order valence-corrected chi connectivity index (χ4v) is 1.23. The molecule has 3 nitrogen and oxygen atoms in total. The smallest absolute Gasteiger partial charge is 0.240 e. The Balaban J connectivity index is 2.73. The molecule has 11 heavy (non-hydrogen) atoms. The monoisotopic (exact) mass is 156 g/mol. The van der Waals surface area contributed by atoms with E-state index in [-0.39, 0.29) is 11.4 Å². The van der Waals surface area contributed by atoms with Gasteiger partial charge in [0.1, 0.15) is 0 Å². The molecule has 0 spiro atoms. The van der Waals surface area contributed by atoms with Gasteiger partial charge in [0, 0.05) is 13.1 Å². The van der Waals surface area contributed by atoms with E-state index in [0.29, 0.717) is 5.92 Å².